The highest BCUT2D eigenvalue weighted by atomic mass is 32.2. The van der Waals surface area contributed by atoms with Crippen LogP contribution in [0.3, 0.4) is 0 Å². The van der Waals surface area contributed by atoms with Crippen molar-refractivity contribution in [3.05, 3.63) is 120 Å². The van der Waals surface area contributed by atoms with Crippen molar-refractivity contribution in [2.24, 2.45) is 0 Å². The molecule has 0 saturated carbocycles. The largest absolute Gasteiger partial charge is 0.457 e. The maximum atomic E-state index is 14.1. The summed E-state index contributed by atoms with van der Waals surface area (Å²) in [5.41, 5.74) is 3.10. The lowest BCUT2D eigenvalue weighted by Gasteiger charge is -2.32. The van der Waals surface area contributed by atoms with Crippen LogP contribution in [0.5, 0.6) is 11.5 Å². The Kier molecular flexibility index (Phi) is 11.4. The van der Waals surface area contributed by atoms with Crippen LogP contribution in [-0.2, 0) is 26.2 Å². The molecule has 2 amide bonds. The van der Waals surface area contributed by atoms with Gasteiger partial charge in [-0.1, -0.05) is 79.1 Å². The summed E-state index contributed by atoms with van der Waals surface area (Å²) in [4.78, 5) is 28.8. The van der Waals surface area contributed by atoms with Crippen LogP contribution in [0.2, 0.25) is 0 Å². The molecular formula is C36H41N3O5S. The number of hydrogen-bond donors (Lipinski definition) is 1. The smallest absolute Gasteiger partial charge is 0.264 e. The number of sulfonamides is 1. The van der Waals surface area contributed by atoms with Gasteiger partial charge < -0.3 is 15.0 Å². The van der Waals surface area contributed by atoms with Gasteiger partial charge in [0.2, 0.25) is 11.8 Å². The van der Waals surface area contributed by atoms with Gasteiger partial charge in [-0.05, 0) is 81.3 Å². The third kappa shape index (κ3) is 8.95. The van der Waals surface area contributed by atoms with E-state index in [0.717, 1.165) is 33.8 Å². The summed E-state index contributed by atoms with van der Waals surface area (Å²) in [6.07, 6.45) is 1.73. The number of nitrogens with zero attached hydrogens (tertiary/aromatic N) is 2. The Labute approximate surface area is 266 Å². The van der Waals surface area contributed by atoms with Crippen LogP contribution >= 0.6 is 0 Å². The molecule has 0 saturated heterocycles. The van der Waals surface area contributed by atoms with Gasteiger partial charge in [0.15, 0.2) is 0 Å². The summed E-state index contributed by atoms with van der Waals surface area (Å²) >= 11 is 0. The fourth-order valence-corrected chi connectivity index (χ4v) is 6.09. The number of rotatable bonds is 14. The van der Waals surface area contributed by atoms with Crippen LogP contribution in [-0.4, -0.2) is 44.3 Å². The first-order chi connectivity index (χ1) is 21.6. The van der Waals surface area contributed by atoms with Crippen molar-refractivity contribution in [3.63, 3.8) is 0 Å². The second-order valence-corrected chi connectivity index (χ2v) is 12.9. The molecule has 45 heavy (non-hydrogen) atoms. The van der Waals surface area contributed by atoms with E-state index in [9.17, 15) is 18.0 Å². The molecular weight excluding hydrogens is 586 g/mol. The van der Waals surface area contributed by atoms with Crippen molar-refractivity contribution >= 4 is 27.5 Å². The van der Waals surface area contributed by atoms with Crippen molar-refractivity contribution < 1.29 is 22.7 Å². The van der Waals surface area contributed by atoms with E-state index in [1.807, 2.05) is 75.4 Å². The van der Waals surface area contributed by atoms with Crippen LogP contribution in [0.15, 0.2) is 108 Å². The van der Waals surface area contributed by atoms with Gasteiger partial charge in [-0.2, -0.15) is 0 Å². The van der Waals surface area contributed by atoms with Crippen molar-refractivity contribution in [1.82, 2.24) is 10.2 Å². The van der Waals surface area contributed by atoms with Crippen LogP contribution in [0, 0.1) is 13.8 Å². The summed E-state index contributed by atoms with van der Waals surface area (Å²) in [5.74, 6) is 0.359. The molecule has 236 valence electrons. The lowest BCUT2D eigenvalue weighted by molar-refractivity contribution is -0.139. The van der Waals surface area contributed by atoms with Gasteiger partial charge in [0.1, 0.15) is 24.1 Å². The van der Waals surface area contributed by atoms with E-state index in [1.165, 1.54) is 17.0 Å². The molecule has 0 unspecified atom stereocenters. The number of unbranched alkanes of at least 4 members (excludes halogenated alkanes) is 1. The predicted molar refractivity (Wildman–Crippen MR) is 178 cm³/mol. The zero-order chi connectivity index (χ0) is 32.4. The van der Waals surface area contributed by atoms with Crippen LogP contribution in [0.4, 0.5) is 5.69 Å². The average Bonchev–Trinajstić information content (AvgIpc) is 3.04. The number of carbonyl (C=O) groups excluding carboxylic acids is 2. The van der Waals surface area contributed by atoms with Gasteiger partial charge >= 0.3 is 0 Å². The third-order valence-electron chi connectivity index (χ3n) is 7.46. The minimum atomic E-state index is -4.17. The summed E-state index contributed by atoms with van der Waals surface area (Å²) in [7, 11) is -4.17. The number of benzene rings is 4. The molecule has 0 aliphatic carbocycles. The predicted octanol–water partition coefficient (Wildman–Crippen LogP) is 6.62. The van der Waals surface area contributed by atoms with E-state index in [4.69, 9.17) is 4.74 Å². The molecule has 4 aromatic rings. The van der Waals surface area contributed by atoms with E-state index >= 15 is 0 Å². The van der Waals surface area contributed by atoms with E-state index < -0.39 is 28.5 Å². The number of carbonyl (C=O) groups is 2. The van der Waals surface area contributed by atoms with Gasteiger partial charge in [-0.25, -0.2) is 8.42 Å². The first-order valence-corrected chi connectivity index (χ1v) is 16.6. The van der Waals surface area contributed by atoms with Crippen molar-refractivity contribution in [2.45, 2.75) is 58.0 Å². The summed E-state index contributed by atoms with van der Waals surface area (Å²) in [6.45, 7) is 7.68. The van der Waals surface area contributed by atoms with Gasteiger partial charge in [0.25, 0.3) is 10.0 Å². The number of para-hydroxylation sites is 1. The van der Waals surface area contributed by atoms with Gasteiger partial charge in [0.05, 0.1) is 10.6 Å². The molecule has 8 nitrogen and oxygen atoms in total. The lowest BCUT2D eigenvalue weighted by atomic mass is 10.1. The number of ether oxygens (including phenoxy) is 1. The minimum absolute atomic E-state index is 0.0564. The van der Waals surface area contributed by atoms with Crippen LogP contribution < -0.4 is 14.4 Å². The molecule has 0 aromatic heterocycles. The number of nitrogens with one attached hydrogen (secondary N) is 1. The Bertz CT molecular complexity index is 1660. The molecule has 0 fully saturated rings. The zero-order valence-electron chi connectivity index (χ0n) is 26.3. The van der Waals surface area contributed by atoms with Gasteiger partial charge in [-0.15, -0.1) is 0 Å². The van der Waals surface area contributed by atoms with Gasteiger partial charge in [-0.3, -0.25) is 13.9 Å². The molecule has 0 aliphatic heterocycles. The second-order valence-electron chi connectivity index (χ2n) is 11.1. The fraction of sp³-hybridized carbons (Fsp3) is 0.278. The maximum absolute atomic E-state index is 14.1. The van der Waals surface area contributed by atoms with Crippen molar-refractivity contribution in [2.75, 3.05) is 17.4 Å². The van der Waals surface area contributed by atoms with Gasteiger partial charge in [0, 0.05) is 13.1 Å². The van der Waals surface area contributed by atoms with E-state index in [0.29, 0.717) is 23.7 Å². The molecule has 4 rings (SSSR count). The monoisotopic (exact) mass is 627 g/mol. The second kappa shape index (κ2) is 15.4. The number of hydrogen-bond acceptors (Lipinski definition) is 5. The highest BCUT2D eigenvalue weighted by Crippen LogP contribution is 2.29. The Morgan fingerprint density at radius 1 is 0.800 bits per heavy atom. The fourth-order valence-electron chi connectivity index (χ4n) is 4.68. The Morgan fingerprint density at radius 3 is 1.98 bits per heavy atom. The standard InChI is InChI=1S/C36H41N3O5S/c1-5-6-24-37-36(41)29(4)38(25-30-16-12-27(2)13-17-30)35(40)26-39(45(42,43)34-22-14-28(3)15-23-34)31-18-20-33(21-19-31)44-32-10-8-7-9-11-32/h7-23,29H,5-6,24-26H2,1-4H3,(H,37,41)/t29-/m1/s1. The summed E-state index contributed by atoms with van der Waals surface area (Å²) in [6, 6.07) is 29.2. The van der Waals surface area contributed by atoms with E-state index in [-0.39, 0.29) is 17.3 Å². The zero-order valence-corrected chi connectivity index (χ0v) is 27.1. The first kappa shape index (κ1) is 33.3. The Hall–Kier alpha value is -4.63. The maximum Gasteiger partial charge on any atom is 0.264 e. The van der Waals surface area contributed by atoms with Crippen LogP contribution in [0.1, 0.15) is 43.4 Å². The molecule has 0 radical (unpaired) electrons. The molecule has 1 N–H and O–H groups in total. The van der Waals surface area contributed by atoms with Crippen molar-refractivity contribution in [3.8, 4) is 11.5 Å². The number of anilines is 1. The summed E-state index contributed by atoms with van der Waals surface area (Å²) in [5, 5.41) is 2.91. The minimum Gasteiger partial charge on any atom is -0.457 e. The van der Waals surface area contributed by atoms with Crippen molar-refractivity contribution in [1.29, 1.82) is 0 Å². The number of amides is 2. The summed E-state index contributed by atoms with van der Waals surface area (Å²) < 4.78 is 35.2. The first-order valence-electron chi connectivity index (χ1n) is 15.1. The van der Waals surface area contributed by atoms with Crippen LogP contribution in [0.25, 0.3) is 0 Å². The molecule has 4 aromatic carbocycles. The molecule has 0 spiro atoms. The number of aryl methyl sites for hydroxylation is 2. The molecule has 0 bridgehead atoms. The molecule has 0 heterocycles. The van der Waals surface area contributed by atoms with E-state index in [1.54, 1.807) is 43.3 Å². The molecule has 1 atom stereocenters. The highest BCUT2D eigenvalue weighted by Gasteiger charge is 2.32. The Balaban J connectivity index is 1.68. The lowest BCUT2D eigenvalue weighted by Crippen LogP contribution is -2.51. The van der Waals surface area contributed by atoms with E-state index in [2.05, 4.69) is 5.32 Å². The Morgan fingerprint density at radius 2 is 1.38 bits per heavy atom. The topological polar surface area (TPSA) is 96.0 Å². The average molecular weight is 628 g/mol. The molecule has 0 aliphatic rings. The SMILES string of the molecule is CCCCNC(=O)[C@@H](C)N(Cc1ccc(C)cc1)C(=O)CN(c1ccc(Oc2ccccc2)cc1)S(=O)(=O)c1ccc(C)cc1. The third-order valence-corrected chi connectivity index (χ3v) is 9.25. The quantitative estimate of drug-likeness (QED) is 0.159. The normalized spacial score (nSPS) is 11.8. The molecule has 9 heteroatoms. The highest BCUT2D eigenvalue weighted by molar-refractivity contribution is 7.92.